The molecule has 0 saturated heterocycles. The van der Waals surface area contributed by atoms with Crippen LogP contribution in [0.25, 0.3) is 5.57 Å². The molecule has 0 aliphatic heterocycles. The van der Waals surface area contributed by atoms with Crippen molar-refractivity contribution in [2.75, 3.05) is 18.9 Å². The molecule has 2 aromatic carbocycles. The first-order valence-corrected chi connectivity index (χ1v) is 9.66. The van der Waals surface area contributed by atoms with E-state index in [1.54, 1.807) is 7.05 Å². The molecule has 1 N–H and O–H groups in total. The van der Waals surface area contributed by atoms with E-state index < -0.39 is 0 Å². The Balaban J connectivity index is 0.00000163. The highest BCUT2D eigenvalue weighted by Gasteiger charge is 2.09. The van der Waals surface area contributed by atoms with Gasteiger partial charge in [-0.2, -0.15) is 0 Å². The van der Waals surface area contributed by atoms with Crippen molar-refractivity contribution in [3.63, 3.8) is 0 Å². The van der Waals surface area contributed by atoms with Crippen molar-refractivity contribution in [3.05, 3.63) is 70.8 Å². The molecule has 26 heavy (non-hydrogen) atoms. The number of aryl methyl sites for hydroxylation is 3. The predicted octanol–water partition coefficient (Wildman–Crippen LogP) is 6.34. The minimum absolute atomic E-state index is 0.939. The molecule has 0 aliphatic rings. The zero-order chi connectivity index (χ0) is 19.4. The number of nitrogens with zero attached hydrogens (tertiary/aromatic N) is 1. The highest BCUT2D eigenvalue weighted by molar-refractivity contribution is 5.85. The molecule has 0 heterocycles. The lowest BCUT2D eigenvalue weighted by molar-refractivity contribution is 0.956. The minimum atomic E-state index is 0.939. The van der Waals surface area contributed by atoms with Crippen molar-refractivity contribution >= 4 is 17.5 Å². The van der Waals surface area contributed by atoms with E-state index in [0.717, 1.165) is 19.4 Å². The van der Waals surface area contributed by atoms with Gasteiger partial charge in [-0.3, -0.25) is 4.99 Å². The summed E-state index contributed by atoms with van der Waals surface area (Å²) in [4.78, 5) is 4.06. The molecule has 0 atom stereocenters. The predicted molar refractivity (Wildman–Crippen MR) is 119 cm³/mol. The maximum atomic E-state index is 4.06. The molecule has 0 fully saturated rings. The van der Waals surface area contributed by atoms with Gasteiger partial charge in [-0.15, -0.1) is 0 Å². The Labute approximate surface area is 160 Å². The lowest BCUT2D eigenvalue weighted by atomic mass is 9.94. The summed E-state index contributed by atoms with van der Waals surface area (Å²) in [6, 6.07) is 15.3. The molecule has 0 bridgehead atoms. The fraction of sp³-hybridized carbons (Fsp3) is 0.375. The van der Waals surface area contributed by atoms with Crippen molar-refractivity contribution in [3.8, 4) is 0 Å². The second-order valence-electron chi connectivity index (χ2n) is 6.10. The molecule has 0 saturated carbocycles. The highest BCUT2D eigenvalue weighted by atomic mass is 14.9. The van der Waals surface area contributed by atoms with Crippen LogP contribution < -0.4 is 5.32 Å². The van der Waals surface area contributed by atoms with Gasteiger partial charge in [0.05, 0.1) is 0 Å². The number of aliphatic imine (C=N–C) groups is 1. The van der Waals surface area contributed by atoms with Crippen LogP contribution in [-0.2, 0) is 12.8 Å². The van der Waals surface area contributed by atoms with Gasteiger partial charge in [-0.25, -0.2) is 0 Å². The fourth-order valence-electron chi connectivity index (χ4n) is 2.94. The minimum Gasteiger partial charge on any atom is -0.385 e. The standard InChI is InChI=1S/C22H28N2.C2H6/c1-5-24-22-15-18(3)21(17(2)13-14-23-4)16-20(22)12-11-19-9-7-6-8-10-19;1-2/h6-10,13-16,24H,5,11-12H2,1-4H3;1-2H3/b17-13+,23-14?;. The molecule has 0 aromatic heterocycles. The molecule has 0 radical (unpaired) electrons. The first-order chi connectivity index (χ1) is 12.7. The number of rotatable bonds is 7. The summed E-state index contributed by atoms with van der Waals surface area (Å²) in [5.41, 5.74) is 7.87. The van der Waals surface area contributed by atoms with Gasteiger partial charge in [-0.1, -0.05) is 44.2 Å². The van der Waals surface area contributed by atoms with Crippen LogP contribution in [0.4, 0.5) is 5.69 Å². The Morgan fingerprint density at radius 2 is 1.77 bits per heavy atom. The summed E-state index contributed by atoms with van der Waals surface area (Å²) < 4.78 is 0. The van der Waals surface area contributed by atoms with E-state index in [0.29, 0.717) is 0 Å². The molecule has 2 nitrogen and oxygen atoms in total. The van der Waals surface area contributed by atoms with Crippen LogP contribution in [0.2, 0.25) is 0 Å². The number of nitrogens with one attached hydrogen (secondary N) is 1. The molecule has 0 amide bonds. The van der Waals surface area contributed by atoms with E-state index in [4.69, 9.17) is 0 Å². The quantitative estimate of drug-likeness (QED) is 0.579. The molecular weight excluding hydrogens is 316 g/mol. The van der Waals surface area contributed by atoms with E-state index in [9.17, 15) is 0 Å². The lowest BCUT2D eigenvalue weighted by Crippen LogP contribution is -2.04. The van der Waals surface area contributed by atoms with E-state index in [-0.39, 0.29) is 0 Å². The monoisotopic (exact) mass is 350 g/mol. The SMILES string of the molecule is CC.CCNc1cc(C)c(/C(C)=C/C=NC)cc1CCc1ccccc1. The van der Waals surface area contributed by atoms with Crippen molar-refractivity contribution in [1.82, 2.24) is 0 Å². The van der Waals surface area contributed by atoms with E-state index in [1.807, 2.05) is 20.1 Å². The molecule has 2 aromatic rings. The van der Waals surface area contributed by atoms with Gasteiger partial charge >= 0.3 is 0 Å². The Morgan fingerprint density at radius 1 is 1.08 bits per heavy atom. The normalized spacial score (nSPS) is 11.2. The van der Waals surface area contributed by atoms with Gasteiger partial charge in [0.1, 0.15) is 0 Å². The van der Waals surface area contributed by atoms with E-state index in [2.05, 4.69) is 79.6 Å². The first-order valence-electron chi connectivity index (χ1n) is 9.66. The lowest BCUT2D eigenvalue weighted by Gasteiger charge is -2.16. The summed E-state index contributed by atoms with van der Waals surface area (Å²) in [6.07, 6.45) is 6.03. The third-order valence-electron chi connectivity index (χ3n) is 4.24. The van der Waals surface area contributed by atoms with Gasteiger partial charge < -0.3 is 5.32 Å². The number of benzene rings is 2. The first kappa shape index (κ1) is 21.7. The van der Waals surface area contributed by atoms with Crippen LogP contribution in [0.15, 0.2) is 53.5 Å². The van der Waals surface area contributed by atoms with Crippen molar-refractivity contribution in [2.45, 2.75) is 47.5 Å². The summed E-state index contributed by atoms with van der Waals surface area (Å²) in [7, 11) is 1.80. The topological polar surface area (TPSA) is 24.4 Å². The van der Waals surface area contributed by atoms with Gasteiger partial charge in [0.25, 0.3) is 0 Å². The van der Waals surface area contributed by atoms with Crippen LogP contribution in [-0.4, -0.2) is 19.8 Å². The summed E-state index contributed by atoms with van der Waals surface area (Å²) in [5.74, 6) is 0. The Bertz CT molecular complexity index is 712. The zero-order valence-corrected chi connectivity index (χ0v) is 17.3. The smallest absolute Gasteiger partial charge is 0.0375 e. The fourth-order valence-corrected chi connectivity index (χ4v) is 2.94. The number of hydrogen-bond donors (Lipinski definition) is 1. The third kappa shape index (κ3) is 6.51. The molecule has 2 heteroatoms. The second kappa shape index (κ2) is 12.1. The van der Waals surface area contributed by atoms with Gasteiger partial charge in [0.2, 0.25) is 0 Å². The van der Waals surface area contributed by atoms with Crippen molar-refractivity contribution in [1.29, 1.82) is 0 Å². The van der Waals surface area contributed by atoms with Crippen molar-refractivity contribution in [2.24, 2.45) is 4.99 Å². The maximum Gasteiger partial charge on any atom is 0.0375 e. The van der Waals surface area contributed by atoms with E-state index >= 15 is 0 Å². The molecule has 0 aliphatic carbocycles. The Morgan fingerprint density at radius 3 is 2.38 bits per heavy atom. The Kier molecular flexibility index (Phi) is 10.1. The van der Waals surface area contributed by atoms with E-state index in [1.165, 1.54) is 33.5 Å². The largest absolute Gasteiger partial charge is 0.385 e. The number of allylic oxidation sites excluding steroid dienone is 2. The molecular formula is C24H34N2. The molecule has 140 valence electrons. The van der Waals surface area contributed by atoms with Crippen LogP contribution in [0, 0.1) is 6.92 Å². The second-order valence-corrected chi connectivity index (χ2v) is 6.10. The molecule has 0 unspecified atom stereocenters. The van der Waals surface area contributed by atoms with Crippen LogP contribution in [0.1, 0.15) is 49.9 Å². The van der Waals surface area contributed by atoms with Crippen LogP contribution in [0.5, 0.6) is 0 Å². The van der Waals surface area contributed by atoms with Gasteiger partial charge in [0.15, 0.2) is 0 Å². The summed E-state index contributed by atoms with van der Waals surface area (Å²) in [5, 5.41) is 3.52. The highest BCUT2D eigenvalue weighted by Crippen LogP contribution is 2.27. The molecule has 0 spiro atoms. The average Bonchev–Trinajstić information content (AvgIpc) is 2.68. The summed E-state index contributed by atoms with van der Waals surface area (Å²) in [6.45, 7) is 11.4. The zero-order valence-electron chi connectivity index (χ0n) is 17.3. The number of anilines is 1. The molecule has 2 rings (SSSR count). The Hall–Kier alpha value is -2.35. The summed E-state index contributed by atoms with van der Waals surface area (Å²) >= 11 is 0. The van der Waals surface area contributed by atoms with Crippen molar-refractivity contribution < 1.29 is 0 Å². The van der Waals surface area contributed by atoms with Crippen LogP contribution in [0.3, 0.4) is 0 Å². The van der Waals surface area contributed by atoms with Gasteiger partial charge in [0, 0.05) is 25.5 Å². The third-order valence-corrected chi connectivity index (χ3v) is 4.24. The average molecular weight is 351 g/mol. The van der Waals surface area contributed by atoms with Crippen LogP contribution >= 0.6 is 0 Å². The number of hydrogen-bond acceptors (Lipinski definition) is 2. The maximum absolute atomic E-state index is 4.06. The van der Waals surface area contributed by atoms with Gasteiger partial charge in [-0.05, 0) is 79.6 Å².